The molecular weight excluding hydrogens is 200 g/mol. The van der Waals surface area contributed by atoms with Crippen LogP contribution in [0.5, 0.6) is 0 Å². The Hall–Kier alpha value is -1.35. The van der Waals surface area contributed by atoms with Gasteiger partial charge in [-0.2, -0.15) is 0 Å². The summed E-state index contributed by atoms with van der Waals surface area (Å²) in [5.74, 6) is 0.0194. The molecule has 2 N–H and O–H groups in total. The molecule has 86 valence electrons. The van der Waals surface area contributed by atoms with Gasteiger partial charge in [-0.1, -0.05) is 6.07 Å². The van der Waals surface area contributed by atoms with Gasteiger partial charge in [0.15, 0.2) is 0 Å². The van der Waals surface area contributed by atoms with Crippen molar-refractivity contribution in [1.29, 1.82) is 0 Å². The summed E-state index contributed by atoms with van der Waals surface area (Å²) in [5.41, 5.74) is 10.3. The number of aryl methyl sites for hydroxylation is 2. The maximum atomic E-state index is 11.8. The van der Waals surface area contributed by atoms with Crippen molar-refractivity contribution in [3.63, 3.8) is 0 Å². The zero-order valence-corrected chi connectivity index (χ0v) is 9.92. The number of amides is 1. The Bertz CT molecular complexity index is 426. The lowest BCUT2D eigenvalue weighted by Gasteiger charge is -2.30. The van der Waals surface area contributed by atoms with Crippen LogP contribution in [0.4, 0.5) is 5.69 Å². The van der Waals surface area contributed by atoms with Gasteiger partial charge in [0.25, 0.3) is 0 Å². The molecule has 1 aromatic rings. The average Bonchev–Trinajstić information content (AvgIpc) is 2.27. The lowest BCUT2D eigenvalue weighted by atomic mass is 9.95. The standard InChI is InChI=1S/C13H18N2O/c1-9-6-10(2)11-4-3-5-15(12(11)7-9)13(16)8-14/h6-7H,3-5,8,14H2,1-2H3. The number of hydrogen-bond acceptors (Lipinski definition) is 2. The van der Waals surface area contributed by atoms with Crippen molar-refractivity contribution in [1.82, 2.24) is 0 Å². The molecule has 0 unspecified atom stereocenters. The van der Waals surface area contributed by atoms with Gasteiger partial charge in [0.2, 0.25) is 5.91 Å². The Morgan fingerprint density at radius 1 is 1.44 bits per heavy atom. The first kappa shape index (κ1) is 11.1. The van der Waals surface area contributed by atoms with Gasteiger partial charge in [-0.15, -0.1) is 0 Å². The summed E-state index contributed by atoms with van der Waals surface area (Å²) in [7, 11) is 0. The highest BCUT2D eigenvalue weighted by Gasteiger charge is 2.22. The fourth-order valence-electron chi connectivity index (χ4n) is 2.44. The molecule has 3 heteroatoms. The summed E-state index contributed by atoms with van der Waals surface area (Å²) in [6.07, 6.45) is 2.10. The Morgan fingerprint density at radius 2 is 2.19 bits per heavy atom. The number of anilines is 1. The molecule has 0 aromatic heterocycles. The molecule has 0 bridgehead atoms. The lowest BCUT2D eigenvalue weighted by Crippen LogP contribution is -2.39. The molecule has 1 aromatic carbocycles. The fourth-order valence-corrected chi connectivity index (χ4v) is 2.44. The highest BCUT2D eigenvalue weighted by atomic mass is 16.2. The first-order valence-electron chi connectivity index (χ1n) is 5.74. The van der Waals surface area contributed by atoms with Crippen LogP contribution in [0.15, 0.2) is 12.1 Å². The fraction of sp³-hybridized carbons (Fsp3) is 0.462. The number of nitrogens with two attached hydrogens (primary N) is 1. The third kappa shape index (κ3) is 1.83. The molecule has 16 heavy (non-hydrogen) atoms. The Labute approximate surface area is 96.2 Å². The summed E-state index contributed by atoms with van der Waals surface area (Å²) in [4.78, 5) is 13.6. The molecule has 0 fully saturated rings. The molecule has 1 aliphatic rings. The second kappa shape index (κ2) is 4.26. The second-order valence-corrected chi connectivity index (χ2v) is 4.43. The van der Waals surface area contributed by atoms with E-state index in [-0.39, 0.29) is 12.5 Å². The number of rotatable bonds is 1. The molecular formula is C13H18N2O. The highest BCUT2D eigenvalue weighted by Crippen LogP contribution is 2.30. The van der Waals surface area contributed by atoms with Crippen molar-refractivity contribution in [2.45, 2.75) is 26.7 Å². The van der Waals surface area contributed by atoms with Crippen LogP contribution >= 0.6 is 0 Å². The highest BCUT2D eigenvalue weighted by molar-refractivity contribution is 5.96. The van der Waals surface area contributed by atoms with E-state index in [9.17, 15) is 4.79 Å². The van der Waals surface area contributed by atoms with E-state index in [1.807, 2.05) is 4.90 Å². The largest absolute Gasteiger partial charge is 0.322 e. The third-order valence-corrected chi connectivity index (χ3v) is 3.17. The predicted molar refractivity (Wildman–Crippen MR) is 65.6 cm³/mol. The van der Waals surface area contributed by atoms with Crippen molar-refractivity contribution in [2.24, 2.45) is 5.73 Å². The van der Waals surface area contributed by atoms with Crippen LogP contribution in [-0.2, 0) is 11.2 Å². The third-order valence-electron chi connectivity index (χ3n) is 3.17. The van der Waals surface area contributed by atoms with Gasteiger partial charge >= 0.3 is 0 Å². The number of nitrogens with zero attached hydrogens (tertiary/aromatic N) is 1. The monoisotopic (exact) mass is 218 g/mol. The topological polar surface area (TPSA) is 46.3 Å². The first-order chi connectivity index (χ1) is 7.63. The van der Waals surface area contributed by atoms with Gasteiger partial charge in [0, 0.05) is 12.2 Å². The lowest BCUT2D eigenvalue weighted by molar-refractivity contribution is -0.117. The molecule has 0 saturated heterocycles. The summed E-state index contributed by atoms with van der Waals surface area (Å²) in [5, 5.41) is 0. The van der Waals surface area contributed by atoms with E-state index in [4.69, 9.17) is 5.73 Å². The van der Waals surface area contributed by atoms with E-state index in [0.717, 1.165) is 25.1 Å². The van der Waals surface area contributed by atoms with Crippen LogP contribution in [-0.4, -0.2) is 19.0 Å². The van der Waals surface area contributed by atoms with Crippen LogP contribution in [0.1, 0.15) is 23.1 Å². The van der Waals surface area contributed by atoms with E-state index in [2.05, 4.69) is 26.0 Å². The number of fused-ring (bicyclic) bond motifs is 1. The molecule has 0 saturated carbocycles. The zero-order chi connectivity index (χ0) is 11.7. The summed E-state index contributed by atoms with van der Waals surface area (Å²) in [6, 6.07) is 4.27. The van der Waals surface area contributed by atoms with Crippen LogP contribution in [0.3, 0.4) is 0 Å². The number of carbonyl (C=O) groups is 1. The molecule has 3 nitrogen and oxygen atoms in total. The average molecular weight is 218 g/mol. The minimum Gasteiger partial charge on any atom is -0.322 e. The maximum Gasteiger partial charge on any atom is 0.240 e. The Morgan fingerprint density at radius 3 is 2.88 bits per heavy atom. The van der Waals surface area contributed by atoms with Gasteiger partial charge < -0.3 is 10.6 Å². The van der Waals surface area contributed by atoms with E-state index in [1.54, 1.807) is 0 Å². The molecule has 0 atom stereocenters. The first-order valence-corrected chi connectivity index (χ1v) is 5.74. The number of hydrogen-bond donors (Lipinski definition) is 1. The summed E-state index contributed by atoms with van der Waals surface area (Å²) in [6.45, 7) is 5.06. The van der Waals surface area contributed by atoms with Crippen molar-refractivity contribution < 1.29 is 4.79 Å². The quantitative estimate of drug-likeness (QED) is 0.777. The molecule has 0 aliphatic carbocycles. The smallest absolute Gasteiger partial charge is 0.240 e. The Balaban J connectivity index is 2.49. The number of benzene rings is 1. The molecule has 1 amide bonds. The van der Waals surface area contributed by atoms with Gasteiger partial charge in [0.05, 0.1) is 6.54 Å². The zero-order valence-electron chi connectivity index (χ0n) is 9.92. The second-order valence-electron chi connectivity index (χ2n) is 4.43. The van der Waals surface area contributed by atoms with Crippen molar-refractivity contribution in [2.75, 3.05) is 18.0 Å². The van der Waals surface area contributed by atoms with Crippen LogP contribution in [0.25, 0.3) is 0 Å². The number of carbonyl (C=O) groups excluding carboxylic acids is 1. The van der Waals surface area contributed by atoms with Gasteiger partial charge in [-0.25, -0.2) is 0 Å². The van der Waals surface area contributed by atoms with Crippen molar-refractivity contribution in [3.05, 3.63) is 28.8 Å². The van der Waals surface area contributed by atoms with Crippen molar-refractivity contribution >= 4 is 11.6 Å². The summed E-state index contributed by atoms with van der Waals surface area (Å²) >= 11 is 0. The normalized spacial score (nSPS) is 14.8. The minimum absolute atomic E-state index is 0.0194. The molecule has 0 radical (unpaired) electrons. The van der Waals surface area contributed by atoms with E-state index < -0.39 is 0 Å². The van der Waals surface area contributed by atoms with Gasteiger partial charge in [-0.3, -0.25) is 4.79 Å². The van der Waals surface area contributed by atoms with Crippen molar-refractivity contribution in [3.8, 4) is 0 Å². The van der Waals surface area contributed by atoms with Crippen LogP contribution in [0, 0.1) is 13.8 Å². The van der Waals surface area contributed by atoms with Crippen LogP contribution in [0.2, 0.25) is 0 Å². The Kier molecular flexibility index (Phi) is 2.97. The molecule has 1 aliphatic heterocycles. The molecule has 1 heterocycles. The van der Waals surface area contributed by atoms with Gasteiger partial charge in [-0.05, 0) is 49.4 Å². The van der Waals surface area contributed by atoms with Gasteiger partial charge in [0.1, 0.15) is 0 Å². The SMILES string of the molecule is Cc1cc(C)c2c(c1)N(C(=O)CN)CCC2. The predicted octanol–water partition coefficient (Wildman–Crippen LogP) is 1.54. The minimum atomic E-state index is 0.0194. The molecule has 0 spiro atoms. The van der Waals surface area contributed by atoms with E-state index in [1.165, 1.54) is 16.7 Å². The van der Waals surface area contributed by atoms with E-state index in [0.29, 0.717) is 0 Å². The maximum absolute atomic E-state index is 11.8. The van der Waals surface area contributed by atoms with Crippen LogP contribution < -0.4 is 10.6 Å². The molecule has 2 rings (SSSR count). The summed E-state index contributed by atoms with van der Waals surface area (Å²) < 4.78 is 0. The van der Waals surface area contributed by atoms with E-state index >= 15 is 0 Å².